The fraction of sp³-hybridized carbons (Fsp3) is 0.455. The van der Waals surface area contributed by atoms with E-state index in [2.05, 4.69) is 15.1 Å². The van der Waals surface area contributed by atoms with Gasteiger partial charge in [-0.25, -0.2) is 0 Å². The van der Waals surface area contributed by atoms with Gasteiger partial charge in [0.15, 0.2) is 0 Å². The predicted molar refractivity (Wildman–Crippen MR) is 123 cm³/mol. The third kappa shape index (κ3) is 5.57. The van der Waals surface area contributed by atoms with Gasteiger partial charge in [0, 0.05) is 42.6 Å². The maximum Gasteiger partial charge on any atom is 0.251 e. The van der Waals surface area contributed by atoms with Crippen molar-refractivity contribution < 1.29 is 14.3 Å². The number of hydrogen-bond acceptors (Lipinski definition) is 6. The Labute approximate surface area is 191 Å². The van der Waals surface area contributed by atoms with E-state index >= 15 is 0 Å². The lowest BCUT2D eigenvalue weighted by atomic mass is 10.1. The van der Waals surface area contributed by atoms with Gasteiger partial charge in [0.25, 0.3) is 5.91 Å². The molecule has 1 aliphatic carbocycles. The topological polar surface area (TPSA) is 87.9 Å². The van der Waals surface area contributed by atoms with Crippen molar-refractivity contribution in [2.45, 2.75) is 19.3 Å². The summed E-state index contributed by atoms with van der Waals surface area (Å²) in [4.78, 5) is 30.1. The number of carbonyl (C=O) groups is 2. The normalized spacial score (nSPS) is 16.8. The number of fused-ring (bicyclic) bond motifs is 1. The molecule has 2 amide bonds. The molecule has 0 radical (unpaired) electrons. The number of nitrogens with zero attached hydrogens (tertiary/aromatic N) is 2. The number of carbonyl (C=O) groups excluding carboxylic acids is 2. The molecule has 31 heavy (non-hydrogen) atoms. The summed E-state index contributed by atoms with van der Waals surface area (Å²) in [5.74, 6) is 0.265. The average molecular weight is 463 g/mol. The van der Waals surface area contributed by atoms with Crippen LogP contribution in [0.2, 0.25) is 5.02 Å². The van der Waals surface area contributed by atoms with Crippen LogP contribution in [0.3, 0.4) is 0 Å². The number of rotatable bonds is 8. The van der Waals surface area contributed by atoms with Gasteiger partial charge in [0.2, 0.25) is 5.91 Å². The first-order valence-corrected chi connectivity index (χ1v) is 11.8. The summed E-state index contributed by atoms with van der Waals surface area (Å²) in [6.45, 7) is 5.17. The minimum atomic E-state index is -0.455. The summed E-state index contributed by atoms with van der Waals surface area (Å²) in [6.07, 6.45) is 2.87. The summed E-state index contributed by atoms with van der Waals surface area (Å²) >= 11 is 7.38. The molecule has 9 heteroatoms. The Morgan fingerprint density at radius 2 is 1.81 bits per heavy atom. The first kappa shape index (κ1) is 22.1. The first-order chi connectivity index (χ1) is 15.0. The van der Waals surface area contributed by atoms with Gasteiger partial charge in [-0.05, 0) is 49.1 Å². The molecule has 3 N–H and O–H groups in total. The molecule has 0 spiro atoms. The van der Waals surface area contributed by atoms with E-state index in [0.29, 0.717) is 28.7 Å². The lowest BCUT2D eigenvalue weighted by Crippen LogP contribution is -2.49. The van der Waals surface area contributed by atoms with E-state index in [4.69, 9.17) is 22.1 Å². The smallest absolute Gasteiger partial charge is 0.251 e. The molecule has 1 fully saturated rings. The highest BCUT2D eigenvalue weighted by Crippen LogP contribution is 2.38. The maximum atomic E-state index is 12.6. The number of anilines is 1. The van der Waals surface area contributed by atoms with Gasteiger partial charge in [-0.15, -0.1) is 11.3 Å². The van der Waals surface area contributed by atoms with Crippen LogP contribution in [-0.4, -0.2) is 67.5 Å². The Balaban J connectivity index is 1.20. The predicted octanol–water partition coefficient (Wildman–Crippen LogP) is 2.62. The summed E-state index contributed by atoms with van der Waals surface area (Å²) in [6, 6.07) is 7.36. The monoisotopic (exact) mass is 462 g/mol. The minimum Gasteiger partial charge on any atom is -0.492 e. The SMILES string of the molecule is NC(=O)c1c(NC(=O)CN2CCN(CCOc3ccc(Cl)cc3)CC2)sc2c1CCC2. The first-order valence-electron chi connectivity index (χ1n) is 10.6. The van der Waals surface area contributed by atoms with Crippen LogP contribution >= 0.6 is 22.9 Å². The fourth-order valence-electron chi connectivity index (χ4n) is 4.12. The van der Waals surface area contributed by atoms with Crippen LogP contribution in [0.25, 0.3) is 0 Å². The van der Waals surface area contributed by atoms with Crippen LogP contribution in [0.4, 0.5) is 5.00 Å². The number of thiophene rings is 1. The van der Waals surface area contributed by atoms with Gasteiger partial charge >= 0.3 is 0 Å². The number of benzene rings is 1. The summed E-state index contributed by atoms with van der Waals surface area (Å²) in [7, 11) is 0. The quantitative estimate of drug-likeness (QED) is 0.629. The second-order valence-corrected chi connectivity index (χ2v) is 9.44. The second kappa shape index (κ2) is 9.99. The summed E-state index contributed by atoms with van der Waals surface area (Å²) in [5, 5.41) is 4.24. The molecule has 1 aromatic carbocycles. The number of hydrogen-bond donors (Lipinski definition) is 2. The van der Waals surface area contributed by atoms with Crippen molar-refractivity contribution in [2.75, 3.05) is 51.2 Å². The zero-order valence-corrected chi connectivity index (χ0v) is 18.9. The van der Waals surface area contributed by atoms with E-state index in [0.717, 1.165) is 63.3 Å². The van der Waals surface area contributed by atoms with Gasteiger partial charge in [0.05, 0.1) is 12.1 Å². The molecule has 2 aromatic rings. The van der Waals surface area contributed by atoms with Crippen LogP contribution in [-0.2, 0) is 17.6 Å². The highest BCUT2D eigenvalue weighted by molar-refractivity contribution is 7.17. The van der Waals surface area contributed by atoms with Crippen molar-refractivity contribution in [3.8, 4) is 5.75 Å². The van der Waals surface area contributed by atoms with Gasteiger partial charge < -0.3 is 15.8 Å². The highest BCUT2D eigenvalue weighted by atomic mass is 35.5. The van der Waals surface area contributed by atoms with Gasteiger partial charge in [-0.1, -0.05) is 11.6 Å². The second-order valence-electron chi connectivity index (χ2n) is 7.89. The molecule has 2 heterocycles. The number of nitrogens with one attached hydrogen (secondary N) is 1. The van der Waals surface area contributed by atoms with E-state index in [1.54, 1.807) is 0 Å². The number of ether oxygens (including phenoxy) is 1. The summed E-state index contributed by atoms with van der Waals surface area (Å²) in [5.41, 5.74) is 7.12. The largest absolute Gasteiger partial charge is 0.492 e. The van der Waals surface area contributed by atoms with Crippen molar-refractivity contribution in [1.29, 1.82) is 0 Å². The number of primary amides is 1. The molecular formula is C22H27ClN4O3S. The van der Waals surface area contributed by atoms with E-state index in [9.17, 15) is 9.59 Å². The van der Waals surface area contributed by atoms with Crippen molar-refractivity contribution in [3.63, 3.8) is 0 Å². The van der Waals surface area contributed by atoms with E-state index in [-0.39, 0.29) is 5.91 Å². The van der Waals surface area contributed by atoms with Crippen LogP contribution in [0.1, 0.15) is 27.2 Å². The lowest BCUT2D eigenvalue weighted by molar-refractivity contribution is -0.117. The van der Waals surface area contributed by atoms with Crippen LogP contribution in [0.15, 0.2) is 24.3 Å². The van der Waals surface area contributed by atoms with E-state index in [1.807, 2.05) is 24.3 Å². The lowest BCUT2D eigenvalue weighted by Gasteiger charge is -2.34. The van der Waals surface area contributed by atoms with E-state index in [1.165, 1.54) is 16.2 Å². The summed E-state index contributed by atoms with van der Waals surface area (Å²) < 4.78 is 5.76. The highest BCUT2D eigenvalue weighted by Gasteiger charge is 2.27. The van der Waals surface area contributed by atoms with Gasteiger partial charge in [-0.3, -0.25) is 19.4 Å². The minimum absolute atomic E-state index is 0.0954. The molecule has 2 aliphatic rings. The third-order valence-corrected chi connectivity index (χ3v) is 7.20. The number of halogens is 1. The zero-order chi connectivity index (χ0) is 21.8. The fourth-order valence-corrected chi connectivity index (χ4v) is 5.55. The van der Waals surface area contributed by atoms with Crippen molar-refractivity contribution in [3.05, 3.63) is 45.3 Å². The Morgan fingerprint density at radius 3 is 2.52 bits per heavy atom. The molecule has 166 valence electrons. The molecular weight excluding hydrogens is 436 g/mol. The molecule has 0 bridgehead atoms. The van der Waals surface area contributed by atoms with Crippen LogP contribution in [0.5, 0.6) is 5.75 Å². The number of piperazine rings is 1. The third-order valence-electron chi connectivity index (χ3n) is 5.74. The molecule has 1 aliphatic heterocycles. The van der Waals surface area contributed by atoms with E-state index < -0.39 is 5.91 Å². The Morgan fingerprint density at radius 1 is 1.10 bits per heavy atom. The molecule has 7 nitrogen and oxygen atoms in total. The maximum absolute atomic E-state index is 12.6. The van der Waals surface area contributed by atoms with Crippen molar-refractivity contribution in [2.24, 2.45) is 5.73 Å². The number of aryl methyl sites for hydroxylation is 1. The number of amides is 2. The van der Waals surface area contributed by atoms with Crippen LogP contribution in [0, 0.1) is 0 Å². The van der Waals surface area contributed by atoms with Gasteiger partial charge in [-0.2, -0.15) is 0 Å². The molecule has 0 unspecified atom stereocenters. The Bertz CT molecular complexity index is 939. The molecule has 0 atom stereocenters. The Hall–Kier alpha value is -2.13. The molecule has 4 rings (SSSR count). The molecule has 0 saturated carbocycles. The van der Waals surface area contributed by atoms with Crippen LogP contribution < -0.4 is 15.8 Å². The van der Waals surface area contributed by atoms with Crippen molar-refractivity contribution in [1.82, 2.24) is 9.80 Å². The Kier molecular flexibility index (Phi) is 7.12. The molecule has 1 aromatic heterocycles. The standard InChI is InChI=1S/C22H27ClN4O3S/c23-15-4-6-16(7-5-15)30-13-12-26-8-10-27(11-9-26)14-19(28)25-22-20(21(24)29)17-2-1-3-18(17)31-22/h4-7H,1-3,8-14H2,(H2,24,29)(H,25,28). The number of nitrogens with two attached hydrogens (primary N) is 1. The van der Waals surface area contributed by atoms with Gasteiger partial charge in [0.1, 0.15) is 17.4 Å². The average Bonchev–Trinajstić information content (AvgIpc) is 3.31. The van der Waals surface area contributed by atoms with Crippen molar-refractivity contribution >= 4 is 39.8 Å². The zero-order valence-electron chi connectivity index (χ0n) is 17.4. The molecule has 1 saturated heterocycles.